The second-order valence-corrected chi connectivity index (χ2v) is 4.92. The second kappa shape index (κ2) is 4.79. The molecule has 0 aliphatic rings. The zero-order valence-electron chi connectivity index (χ0n) is 8.62. The van der Waals surface area contributed by atoms with E-state index in [9.17, 15) is 13.2 Å². The molecule has 0 saturated carbocycles. The molecule has 0 aliphatic carbocycles. The van der Waals surface area contributed by atoms with Crippen LogP contribution in [0.25, 0.3) is 0 Å². The molecule has 0 N–H and O–H groups in total. The molecule has 0 radical (unpaired) electrons. The van der Waals surface area contributed by atoms with Crippen LogP contribution in [0, 0.1) is 0 Å². The fraction of sp³-hybridized carbons (Fsp3) is 0.571. The molecule has 1 aromatic rings. The molecule has 0 aromatic carbocycles. The van der Waals surface area contributed by atoms with Gasteiger partial charge in [-0.25, -0.2) is 4.79 Å². The van der Waals surface area contributed by atoms with Crippen LogP contribution in [0.5, 0.6) is 0 Å². The Morgan fingerprint density at radius 3 is 2.75 bits per heavy atom. The van der Waals surface area contributed by atoms with Crippen LogP contribution in [0.1, 0.15) is 13.3 Å². The Labute approximate surface area is 97.5 Å². The topological polar surface area (TPSA) is 91.2 Å². The maximum Gasteiger partial charge on any atom is 0.362 e. The summed E-state index contributed by atoms with van der Waals surface area (Å²) in [5.74, 6) is -1.02. The van der Waals surface area contributed by atoms with E-state index >= 15 is 0 Å². The Kier molecular flexibility index (Phi) is 3.87. The predicted molar refractivity (Wildman–Crippen MR) is 54.2 cm³/mol. The smallest absolute Gasteiger partial charge is 0.339 e. The molecule has 0 bridgehead atoms. The highest BCUT2D eigenvalue weighted by Gasteiger charge is 2.26. The lowest BCUT2D eigenvalue weighted by Gasteiger charge is -2.05. The van der Waals surface area contributed by atoms with Gasteiger partial charge in [0.25, 0.3) is 0 Å². The summed E-state index contributed by atoms with van der Waals surface area (Å²) in [5.41, 5.74) is 0. The molecule has 0 spiro atoms. The molecule has 1 heterocycles. The summed E-state index contributed by atoms with van der Waals surface area (Å²) in [6.45, 7) is 1.63. The summed E-state index contributed by atoms with van der Waals surface area (Å²) >= 11 is 5.53. The van der Waals surface area contributed by atoms with Crippen LogP contribution in [-0.2, 0) is 26.1 Å². The number of rotatable bonds is 4. The molecule has 16 heavy (non-hydrogen) atoms. The standard InChI is InChI=1S/C7H10ClN3O4S/c1-3-5(8)7(12)15-16(13,14)6-4-9-11(2)10-6/h4-5H,3H2,1-2H3. The zero-order valence-corrected chi connectivity index (χ0v) is 10.2. The van der Waals surface area contributed by atoms with E-state index in [1.165, 1.54) is 7.05 Å². The third-order valence-electron chi connectivity index (χ3n) is 1.64. The van der Waals surface area contributed by atoms with Gasteiger partial charge in [-0.05, 0) is 6.42 Å². The van der Waals surface area contributed by atoms with Crippen LogP contribution in [0.3, 0.4) is 0 Å². The fourth-order valence-electron chi connectivity index (χ4n) is 0.811. The van der Waals surface area contributed by atoms with E-state index in [0.29, 0.717) is 0 Å². The van der Waals surface area contributed by atoms with E-state index in [-0.39, 0.29) is 6.42 Å². The van der Waals surface area contributed by atoms with E-state index in [1.807, 2.05) is 0 Å². The number of hydrogen-bond donors (Lipinski definition) is 0. The minimum atomic E-state index is -4.22. The number of nitrogens with zero attached hydrogens (tertiary/aromatic N) is 3. The van der Waals surface area contributed by atoms with Crippen molar-refractivity contribution in [2.24, 2.45) is 7.05 Å². The molecule has 0 amide bonds. The molecule has 7 nitrogen and oxygen atoms in total. The second-order valence-electron chi connectivity index (χ2n) is 2.90. The number of aryl methyl sites for hydroxylation is 1. The van der Waals surface area contributed by atoms with Gasteiger partial charge in [-0.1, -0.05) is 6.92 Å². The lowest BCUT2D eigenvalue weighted by atomic mass is 10.3. The van der Waals surface area contributed by atoms with Gasteiger partial charge in [-0.15, -0.1) is 16.7 Å². The van der Waals surface area contributed by atoms with Crippen molar-refractivity contribution in [1.82, 2.24) is 15.0 Å². The third kappa shape index (κ3) is 2.92. The molecule has 9 heteroatoms. The molecule has 90 valence electrons. The highest BCUT2D eigenvalue weighted by Crippen LogP contribution is 2.11. The average Bonchev–Trinajstić information content (AvgIpc) is 2.63. The highest BCUT2D eigenvalue weighted by atomic mass is 35.5. The molecule has 1 aromatic heterocycles. The average molecular weight is 268 g/mol. The summed E-state index contributed by atoms with van der Waals surface area (Å²) in [4.78, 5) is 12.2. The van der Waals surface area contributed by atoms with Gasteiger partial charge in [0.15, 0.2) is 0 Å². The van der Waals surface area contributed by atoms with Crippen molar-refractivity contribution in [3.63, 3.8) is 0 Å². The van der Waals surface area contributed by atoms with E-state index in [0.717, 1.165) is 11.0 Å². The predicted octanol–water partition coefficient (Wildman–Crippen LogP) is 0.0644. The molecular formula is C7H10ClN3O4S. The summed E-state index contributed by atoms with van der Waals surface area (Å²) < 4.78 is 27.2. The summed E-state index contributed by atoms with van der Waals surface area (Å²) in [5, 5.41) is 5.65. The normalized spacial score (nSPS) is 13.4. The van der Waals surface area contributed by atoms with Gasteiger partial charge in [-0.2, -0.15) is 18.3 Å². The summed E-state index contributed by atoms with van der Waals surface area (Å²) in [6.07, 6.45) is 1.26. The number of alkyl halides is 1. The fourth-order valence-corrected chi connectivity index (χ4v) is 1.72. The molecule has 0 fully saturated rings. The van der Waals surface area contributed by atoms with Gasteiger partial charge in [0.1, 0.15) is 5.38 Å². The largest absolute Gasteiger partial charge is 0.362 e. The molecule has 1 rings (SSSR count). The van der Waals surface area contributed by atoms with E-state index < -0.39 is 26.5 Å². The first-order chi connectivity index (χ1) is 7.36. The van der Waals surface area contributed by atoms with E-state index in [2.05, 4.69) is 14.4 Å². The van der Waals surface area contributed by atoms with Gasteiger partial charge in [0, 0.05) is 7.05 Å². The molecule has 1 atom stereocenters. The lowest BCUT2D eigenvalue weighted by molar-refractivity contribution is -0.133. The SMILES string of the molecule is CCC(Cl)C(=O)OS(=O)(=O)c1cnn(C)n1. The van der Waals surface area contributed by atoms with Crippen LogP contribution in [0.2, 0.25) is 0 Å². The van der Waals surface area contributed by atoms with Crippen molar-refractivity contribution in [2.75, 3.05) is 0 Å². The zero-order chi connectivity index (χ0) is 12.3. The number of halogens is 1. The Hall–Kier alpha value is -1.15. The highest BCUT2D eigenvalue weighted by molar-refractivity contribution is 7.87. The van der Waals surface area contributed by atoms with Crippen LogP contribution in [0.4, 0.5) is 0 Å². The van der Waals surface area contributed by atoms with Crippen LogP contribution in [0.15, 0.2) is 11.2 Å². The van der Waals surface area contributed by atoms with Crippen LogP contribution < -0.4 is 0 Å². The summed E-state index contributed by atoms with van der Waals surface area (Å²) in [7, 11) is -2.78. The van der Waals surface area contributed by atoms with E-state index in [1.54, 1.807) is 6.92 Å². The monoisotopic (exact) mass is 267 g/mol. The first kappa shape index (κ1) is 12.9. The molecule has 1 unspecified atom stereocenters. The number of carbonyl (C=O) groups excluding carboxylic acids is 1. The van der Waals surface area contributed by atoms with Gasteiger partial charge in [0.05, 0.1) is 6.20 Å². The maximum atomic E-state index is 11.5. The van der Waals surface area contributed by atoms with Gasteiger partial charge in [0.2, 0.25) is 5.03 Å². The minimum Gasteiger partial charge on any atom is -0.339 e. The van der Waals surface area contributed by atoms with Crippen LogP contribution in [-0.4, -0.2) is 34.8 Å². The number of aromatic nitrogens is 3. The Balaban J connectivity index is 2.85. The van der Waals surface area contributed by atoms with Crippen molar-refractivity contribution in [3.05, 3.63) is 6.20 Å². The first-order valence-corrected chi connectivity index (χ1v) is 6.20. The van der Waals surface area contributed by atoms with Crippen molar-refractivity contribution >= 4 is 27.7 Å². The Morgan fingerprint density at radius 1 is 1.69 bits per heavy atom. The molecule has 0 aliphatic heterocycles. The third-order valence-corrected chi connectivity index (χ3v) is 3.21. The van der Waals surface area contributed by atoms with Crippen molar-refractivity contribution in [1.29, 1.82) is 0 Å². The van der Waals surface area contributed by atoms with E-state index in [4.69, 9.17) is 11.6 Å². The van der Waals surface area contributed by atoms with Gasteiger partial charge < -0.3 is 4.18 Å². The number of carbonyl (C=O) groups is 1. The summed E-state index contributed by atoms with van der Waals surface area (Å²) in [6, 6.07) is 0. The van der Waals surface area contributed by atoms with Crippen molar-refractivity contribution < 1.29 is 17.4 Å². The Morgan fingerprint density at radius 2 is 2.31 bits per heavy atom. The Bertz CT molecular complexity index is 484. The first-order valence-electron chi connectivity index (χ1n) is 4.35. The van der Waals surface area contributed by atoms with Gasteiger partial charge >= 0.3 is 16.1 Å². The van der Waals surface area contributed by atoms with Gasteiger partial charge in [-0.3, -0.25) is 0 Å². The molecular weight excluding hydrogens is 258 g/mol. The molecule has 0 saturated heterocycles. The quantitative estimate of drug-likeness (QED) is 0.566. The van der Waals surface area contributed by atoms with Crippen molar-refractivity contribution in [2.45, 2.75) is 23.7 Å². The van der Waals surface area contributed by atoms with Crippen molar-refractivity contribution in [3.8, 4) is 0 Å². The maximum absolute atomic E-state index is 11.5. The van der Waals surface area contributed by atoms with Crippen LogP contribution >= 0.6 is 11.6 Å². The lowest BCUT2D eigenvalue weighted by Crippen LogP contribution is -2.21. The number of hydrogen-bond acceptors (Lipinski definition) is 6. The minimum absolute atomic E-state index is 0.274.